The van der Waals surface area contributed by atoms with Crippen LogP contribution < -0.4 is 28.1 Å². The van der Waals surface area contributed by atoms with Crippen LogP contribution in [0.1, 0.15) is 49.8 Å². The summed E-state index contributed by atoms with van der Waals surface area (Å²) in [6.07, 6.45) is 0. The van der Waals surface area contributed by atoms with E-state index in [4.69, 9.17) is 48.8 Å². The Balaban J connectivity index is 0.000000110. The van der Waals surface area contributed by atoms with E-state index in [2.05, 4.69) is 281 Å². The van der Waals surface area contributed by atoms with Crippen LogP contribution in [0.15, 0.2) is 325 Å². The molecule has 1 saturated heterocycles. The van der Waals surface area contributed by atoms with Gasteiger partial charge in [-0.25, -0.2) is 4.98 Å². The van der Waals surface area contributed by atoms with Gasteiger partial charge in [0.1, 0.15) is 5.15 Å². The summed E-state index contributed by atoms with van der Waals surface area (Å²) >= 11 is 32.3. The summed E-state index contributed by atoms with van der Waals surface area (Å²) in [5.74, 6) is -0.806. The molecule has 0 atom stereocenters. The molecule has 129 heavy (non-hydrogen) atoms. The second kappa shape index (κ2) is 37.8. The van der Waals surface area contributed by atoms with Crippen LogP contribution in [0.5, 0.6) is 0 Å². The number of aromatic nitrogens is 3. The second-order valence-electron chi connectivity index (χ2n) is 31.2. The monoisotopic (exact) mass is 1950 g/mol. The molecule has 27 heteroatoms. The number of hydrogen-bond acceptors (Lipinski definition) is 15. The van der Waals surface area contributed by atoms with E-state index >= 15 is 0 Å². The first-order chi connectivity index (χ1) is 62.6. The summed E-state index contributed by atoms with van der Waals surface area (Å²) in [7, 11) is -2.88. The highest BCUT2D eigenvalue weighted by Gasteiger charge is 2.53. The Kier molecular flexibility index (Phi) is 25.9. The van der Waals surface area contributed by atoms with E-state index in [0.29, 0.717) is 21.7 Å². The molecule has 0 aliphatic carbocycles. The number of aromatic amines is 1. The first-order valence-electron chi connectivity index (χ1n) is 41.1. The highest BCUT2D eigenvalue weighted by Crippen LogP contribution is 2.61. The van der Waals surface area contributed by atoms with Gasteiger partial charge >= 0.3 is 19.4 Å². The number of carbonyl (C=O) groups excluding carboxylic acids is 2. The number of H-pyrrole nitrogens is 1. The molecule has 0 radical (unpaired) electrons. The molecule has 0 unspecified atom stereocenters. The molecular formula is C102H74B2BrCl4FN5O8PS5. The SMILES string of the molecule is CC1(C)OB(c2nc3cc4c(cc3c3ccccc23)sc2ccccc24)OC1(C)C.Clc1nc2cc3c(cc2c2ccccc12)sc1ccccc13.NC(=O)c1ccccc1-c1ccc2c(c1)sc1ccccc12.NC(=O)c1ccccc1Br.O=P(Cl)(Cl)Cl.O=c1[nH]c2cc3c(cc2c2ccccc12)sc1ccccc13.OB(O)c1ccc2c(c1)sc1ccccc12.[2H]CF. The number of thiophene rings is 5. The molecule has 24 rings (SSSR count). The van der Waals surface area contributed by atoms with Gasteiger partial charge in [-0.3, -0.25) is 28.3 Å². The smallest absolute Gasteiger partial charge is 0.423 e. The zero-order valence-corrected chi connectivity index (χ0v) is 78.6. The fourth-order valence-corrected chi connectivity index (χ4v) is 22.5. The fourth-order valence-electron chi connectivity index (χ4n) is 16.1. The standard InChI is InChI=1S/C25H22BNO2S.C19H10ClNS.C19H11NOS.C19H13NOS.C12H9BO2S.C7H6BrNO.CH3F.Cl3OP/c1-24(2)25(3,4)29-26(28-24)23-17-11-6-5-9-15(17)18-14-22-19(13-20(18)27-23)16-10-7-8-12-21(16)30-22;20-19-13-7-2-1-5-11(13)14-10-18-15(9-16(14)21-19)12-6-3-4-8-17(12)22-18;21-19-13-7-2-1-5-11(13)14-10-18-15(9-16(14)20-19)12-6-3-4-8-17(12)22-18;20-19(21)16-7-2-1-5-13(16)12-9-10-15-14-6-3-4-8-17(14)22-18(15)11-12;14-13(15)8-5-6-10-9-3-1-2-4-11(9)16-12(10)7-8;8-6-4-2-1-3-5(6)7(9)10;1-2;1-5(2,3)4/h5-14H,1-4H3;1-10H;1-10H,(H,20,21);1-11H,(H2,20,21);1-7,14-15H;1-4H,(H2,9,10);1H3;/i;;;;;;1D;. The maximum Gasteiger partial charge on any atom is 0.515 e. The van der Waals surface area contributed by atoms with E-state index < -0.39 is 49.6 Å². The van der Waals surface area contributed by atoms with Crippen molar-refractivity contribution in [1.29, 1.82) is 0 Å². The number of nitrogens with two attached hydrogens (primary N) is 2. The Morgan fingerprint density at radius 3 is 1.22 bits per heavy atom. The van der Waals surface area contributed by atoms with Crippen molar-refractivity contribution in [3.05, 3.63) is 347 Å². The average molecular weight is 1950 g/mol. The molecule has 638 valence electrons. The summed E-state index contributed by atoms with van der Waals surface area (Å²) in [5, 5.41) is 37.7. The number of amides is 2. The number of nitrogens with one attached hydrogen (secondary N) is 1. The molecule has 1 aliphatic heterocycles. The zero-order valence-electron chi connectivity index (χ0n) is 70.0. The lowest BCUT2D eigenvalue weighted by molar-refractivity contribution is 0.00578. The zero-order chi connectivity index (χ0) is 91.0. The minimum Gasteiger partial charge on any atom is -0.423 e. The number of benzene rings is 15. The fraction of sp³-hybridized carbons (Fsp3) is 0.0686. The summed E-state index contributed by atoms with van der Waals surface area (Å²) in [5.41, 5.74) is 16.9. The van der Waals surface area contributed by atoms with Crippen molar-refractivity contribution >= 4 is 326 Å². The predicted octanol–water partition coefficient (Wildman–Crippen LogP) is 29.0. The highest BCUT2D eigenvalue weighted by molar-refractivity contribution is 9.10. The van der Waals surface area contributed by atoms with Crippen LogP contribution >= 0.6 is 123 Å². The third kappa shape index (κ3) is 18.6. The molecule has 1 fully saturated rings. The number of fused-ring (bicyclic) bond motifs is 24. The van der Waals surface area contributed by atoms with Crippen molar-refractivity contribution in [1.82, 2.24) is 15.0 Å². The maximum absolute atomic E-state index is 12.3. The van der Waals surface area contributed by atoms with Crippen LogP contribution in [0.4, 0.5) is 4.39 Å². The average Bonchev–Trinajstić information content (AvgIpc) is 1.21. The van der Waals surface area contributed by atoms with Gasteiger partial charge < -0.3 is 35.8 Å². The number of halogens is 6. The van der Waals surface area contributed by atoms with Crippen LogP contribution in [0.25, 0.3) is 177 Å². The first kappa shape index (κ1) is 88.6. The summed E-state index contributed by atoms with van der Waals surface area (Å²) in [4.78, 5) is 47.3. The molecule has 23 aromatic rings. The number of pyridine rings is 3. The van der Waals surface area contributed by atoms with Gasteiger partial charge in [0.25, 0.3) is 5.56 Å². The number of alkyl halides is 1. The largest absolute Gasteiger partial charge is 0.515 e. The van der Waals surface area contributed by atoms with E-state index in [1.807, 2.05) is 114 Å². The Morgan fingerprint density at radius 1 is 0.426 bits per heavy atom. The topological polar surface area (TPSA) is 221 Å². The molecule has 9 heterocycles. The third-order valence-corrected chi connectivity index (χ3v) is 29.5. The van der Waals surface area contributed by atoms with Crippen molar-refractivity contribution in [2.75, 3.05) is 7.15 Å². The minimum atomic E-state index is -3.22. The lowest BCUT2D eigenvalue weighted by Crippen LogP contribution is -2.41. The van der Waals surface area contributed by atoms with Crippen molar-refractivity contribution in [3.8, 4) is 11.1 Å². The van der Waals surface area contributed by atoms with Crippen LogP contribution in [0, 0.1) is 0 Å². The third-order valence-electron chi connectivity index (χ3n) is 22.8. The molecular weight excluding hydrogens is 1880 g/mol. The van der Waals surface area contributed by atoms with Crippen LogP contribution in [0.3, 0.4) is 0 Å². The Hall–Kier alpha value is -11.1. The van der Waals surface area contributed by atoms with E-state index in [9.17, 15) is 23.3 Å². The van der Waals surface area contributed by atoms with E-state index in [1.165, 1.54) is 112 Å². The molecule has 0 spiro atoms. The lowest BCUT2D eigenvalue weighted by atomic mass is 9.80. The van der Waals surface area contributed by atoms with Gasteiger partial charge in [-0.05, 0) is 213 Å². The number of nitrogens with zero attached hydrogens (tertiary/aromatic N) is 2. The van der Waals surface area contributed by atoms with Crippen molar-refractivity contribution in [2.24, 2.45) is 11.5 Å². The summed E-state index contributed by atoms with van der Waals surface area (Å²) in [6, 6.07) is 106. The normalized spacial score (nSPS) is 12.9. The maximum atomic E-state index is 12.3. The number of carbonyl (C=O) groups is 2. The number of primary amides is 2. The molecule has 2 amide bonds. The molecule has 7 N–H and O–H groups in total. The number of rotatable bonds is 5. The quantitative estimate of drug-likeness (QED) is 0.0475. The highest BCUT2D eigenvalue weighted by atomic mass is 79.9. The van der Waals surface area contributed by atoms with Gasteiger partial charge in [0.05, 0.1) is 41.9 Å². The van der Waals surface area contributed by atoms with Gasteiger partial charge in [0.2, 0.25) is 11.8 Å². The first-order valence-corrected chi connectivity index (χ1v) is 50.1. The summed E-state index contributed by atoms with van der Waals surface area (Å²) in [6.45, 7) is 8.32. The number of hydrogen-bond donors (Lipinski definition) is 5. The van der Waals surface area contributed by atoms with Gasteiger partial charge in [-0.1, -0.05) is 224 Å². The minimum absolute atomic E-state index is 0.0259. The molecule has 13 nitrogen and oxygen atoms in total. The molecule has 0 saturated carbocycles. The predicted molar refractivity (Wildman–Crippen MR) is 557 cm³/mol. The van der Waals surface area contributed by atoms with E-state index in [0.717, 1.165) is 74.8 Å². The Bertz CT molecular complexity index is 8460. The van der Waals surface area contributed by atoms with E-state index in [-0.39, 0.29) is 5.56 Å². The van der Waals surface area contributed by atoms with Crippen LogP contribution in [0.2, 0.25) is 5.15 Å². The molecule has 15 aromatic carbocycles. The summed E-state index contributed by atoms with van der Waals surface area (Å²) < 4.78 is 51.0. The van der Waals surface area contributed by atoms with Crippen LogP contribution in [-0.2, 0) is 13.9 Å². The van der Waals surface area contributed by atoms with Crippen LogP contribution in [-0.4, -0.2) is 69.4 Å². The molecule has 1 aliphatic rings. The Labute approximate surface area is 788 Å². The van der Waals surface area contributed by atoms with Gasteiger partial charge in [0, 0.05) is 149 Å². The van der Waals surface area contributed by atoms with Crippen molar-refractivity contribution in [2.45, 2.75) is 38.9 Å². The van der Waals surface area contributed by atoms with Gasteiger partial charge in [-0.2, -0.15) is 0 Å². The van der Waals surface area contributed by atoms with E-state index in [1.54, 1.807) is 64.3 Å². The van der Waals surface area contributed by atoms with Gasteiger partial charge in [0.15, 0.2) is 0 Å². The molecule has 0 bridgehead atoms. The van der Waals surface area contributed by atoms with Gasteiger partial charge in [-0.15, -0.1) is 56.7 Å². The van der Waals surface area contributed by atoms with Crippen molar-refractivity contribution < 1.29 is 39.3 Å². The lowest BCUT2D eigenvalue weighted by Gasteiger charge is -2.32. The Morgan fingerprint density at radius 2 is 0.767 bits per heavy atom. The molecule has 8 aromatic heterocycles. The van der Waals surface area contributed by atoms with Crippen molar-refractivity contribution in [3.63, 3.8) is 0 Å². The second-order valence-corrected chi connectivity index (χ2v) is 44.5.